The van der Waals surface area contributed by atoms with Gasteiger partial charge in [-0.05, 0) is 0 Å². The summed E-state index contributed by atoms with van der Waals surface area (Å²) in [4.78, 5) is 22.0. The summed E-state index contributed by atoms with van der Waals surface area (Å²) < 4.78 is 0. The van der Waals surface area contributed by atoms with E-state index in [0.717, 1.165) is 32.0 Å². The molecule has 0 radical (unpaired) electrons. The van der Waals surface area contributed by atoms with Gasteiger partial charge >= 0.3 is 0 Å². The Hall–Kier alpha value is -1.60. The van der Waals surface area contributed by atoms with Gasteiger partial charge in [-0.2, -0.15) is 0 Å². The maximum atomic E-state index is 11.4. The first-order chi connectivity index (χ1) is 8.34. The quantitative estimate of drug-likeness (QED) is 0.648. The Labute approximate surface area is 111 Å². The number of piperazine rings is 1. The lowest BCUT2D eigenvalue weighted by atomic mass is 10.3. The highest BCUT2D eigenvalue weighted by Crippen LogP contribution is 2.31. The van der Waals surface area contributed by atoms with Gasteiger partial charge in [0.15, 0.2) is 11.6 Å². The molecule has 1 saturated heterocycles. The molecule has 7 nitrogen and oxygen atoms in total. The van der Waals surface area contributed by atoms with Crippen molar-refractivity contribution in [3.05, 3.63) is 6.33 Å². The van der Waals surface area contributed by atoms with Crippen LogP contribution in [0.4, 0.5) is 17.3 Å². The molecule has 0 saturated carbocycles. The standard InChI is InChI=1S/C10H14N6O.ClH/c17-7-5-12-9-8(15-7)10(14-6-13-9)16-3-1-11-2-4-16;/h6,11H,1-5H2,(H,15,17)(H,12,13,14);1H. The number of rotatable bonds is 1. The van der Waals surface area contributed by atoms with Gasteiger partial charge in [0.05, 0.1) is 6.54 Å². The number of amides is 1. The number of nitrogens with zero attached hydrogens (tertiary/aromatic N) is 3. The fraction of sp³-hybridized carbons (Fsp3) is 0.500. The zero-order valence-corrected chi connectivity index (χ0v) is 10.6. The van der Waals surface area contributed by atoms with Gasteiger partial charge in [0.25, 0.3) is 0 Å². The van der Waals surface area contributed by atoms with Crippen molar-refractivity contribution >= 4 is 35.6 Å². The number of aromatic nitrogens is 2. The van der Waals surface area contributed by atoms with Crippen LogP contribution in [-0.4, -0.2) is 48.6 Å². The molecule has 0 aliphatic carbocycles. The van der Waals surface area contributed by atoms with Crippen LogP contribution in [0.5, 0.6) is 0 Å². The maximum Gasteiger partial charge on any atom is 0.243 e. The Bertz CT molecular complexity index is 448. The average molecular weight is 271 g/mol. The van der Waals surface area contributed by atoms with Crippen molar-refractivity contribution in [2.75, 3.05) is 48.3 Å². The highest BCUT2D eigenvalue weighted by atomic mass is 35.5. The molecule has 2 aliphatic rings. The first-order valence-corrected chi connectivity index (χ1v) is 5.69. The molecule has 1 fully saturated rings. The molecule has 98 valence electrons. The van der Waals surface area contributed by atoms with E-state index >= 15 is 0 Å². The summed E-state index contributed by atoms with van der Waals surface area (Å²) in [5, 5.41) is 9.11. The van der Waals surface area contributed by atoms with E-state index in [9.17, 15) is 4.79 Å². The first-order valence-electron chi connectivity index (χ1n) is 5.69. The third-order valence-electron chi connectivity index (χ3n) is 2.92. The zero-order chi connectivity index (χ0) is 11.7. The van der Waals surface area contributed by atoms with Crippen molar-refractivity contribution in [3.8, 4) is 0 Å². The van der Waals surface area contributed by atoms with Crippen molar-refractivity contribution < 1.29 is 4.79 Å². The van der Waals surface area contributed by atoms with Gasteiger partial charge in [-0.25, -0.2) is 9.97 Å². The molecule has 1 aromatic rings. The van der Waals surface area contributed by atoms with E-state index in [1.54, 1.807) is 0 Å². The van der Waals surface area contributed by atoms with E-state index < -0.39 is 0 Å². The molecular weight excluding hydrogens is 256 g/mol. The maximum absolute atomic E-state index is 11.4. The predicted molar refractivity (Wildman–Crippen MR) is 71.5 cm³/mol. The Morgan fingerprint density at radius 3 is 2.78 bits per heavy atom. The predicted octanol–water partition coefficient (Wildman–Crippen LogP) is -0.328. The smallest absolute Gasteiger partial charge is 0.243 e. The van der Waals surface area contributed by atoms with Gasteiger partial charge in [0, 0.05) is 26.2 Å². The Morgan fingerprint density at radius 2 is 2.00 bits per heavy atom. The van der Waals surface area contributed by atoms with E-state index in [0.29, 0.717) is 11.5 Å². The summed E-state index contributed by atoms with van der Waals surface area (Å²) >= 11 is 0. The normalized spacial score (nSPS) is 18.2. The van der Waals surface area contributed by atoms with Crippen LogP contribution in [0.25, 0.3) is 0 Å². The second-order valence-electron chi connectivity index (χ2n) is 4.06. The number of carbonyl (C=O) groups is 1. The molecule has 1 amide bonds. The molecule has 0 spiro atoms. The number of halogens is 1. The van der Waals surface area contributed by atoms with E-state index in [1.165, 1.54) is 6.33 Å². The molecule has 8 heteroatoms. The Balaban J connectivity index is 0.00000120. The van der Waals surface area contributed by atoms with Gasteiger partial charge in [-0.3, -0.25) is 4.79 Å². The molecule has 0 bridgehead atoms. The lowest BCUT2D eigenvalue weighted by molar-refractivity contribution is -0.114. The van der Waals surface area contributed by atoms with Crippen LogP contribution in [0, 0.1) is 0 Å². The van der Waals surface area contributed by atoms with Crippen LogP contribution < -0.4 is 20.9 Å². The Morgan fingerprint density at radius 1 is 1.22 bits per heavy atom. The van der Waals surface area contributed by atoms with Gasteiger partial charge < -0.3 is 20.9 Å². The van der Waals surface area contributed by atoms with Crippen molar-refractivity contribution in [1.29, 1.82) is 0 Å². The molecule has 3 N–H and O–H groups in total. The minimum atomic E-state index is -0.0521. The lowest BCUT2D eigenvalue weighted by Gasteiger charge is -2.31. The third kappa shape index (κ3) is 2.32. The Kier molecular flexibility index (Phi) is 3.83. The minimum absolute atomic E-state index is 0. The van der Waals surface area contributed by atoms with E-state index in [-0.39, 0.29) is 24.9 Å². The summed E-state index contributed by atoms with van der Waals surface area (Å²) in [6.45, 7) is 3.91. The molecule has 2 aliphatic heterocycles. The number of fused-ring (bicyclic) bond motifs is 1. The molecule has 0 atom stereocenters. The van der Waals surface area contributed by atoms with Crippen molar-refractivity contribution in [2.45, 2.75) is 0 Å². The number of anilines is 3. The fourth-order valence-corrected chi connectivity index (χ4v) is 2.09. The summed E-state index contributed by atoms with van der Waals surface area (Å²) in [5.74, 6) is 1.45. The zero-order valence-electron chi connectivity index (χ0n) is 9.77. The summed E-state index contributed by atoms with van der Waals surface area (Å²) in [5.41, 5.74) is 0.700. The topological polar surface area (TPSA) is 82.2 Å². The molecule has 0 unspecified atom stereocenters. The monoisotopic (exact) mass is 270 g/mol. The number of hydrogen-bond donors (Lipinski definition) is 3. The van der Waals surface area contributed by atoms with Crippen LogP contribution in [0.2, 0.25) is 0 Å². The van der Waals surface area contributed by atoms with Crippen LogP contribution >= 0.6 is 12.4 Å². The molecule has 18 heavy (non-hydrogen) atoms. The average Bonchev–Trinajstić information content (AvgIpc) is 2.39. The fourth-order valence-electron chi connectivity index (χ4n) is 2.09. The van der Waals surface area contributed by atoms with E-state index in [4.69, 9.17) is 0 Å². The van der Waals surface area contributed by atoms with Gasteiger partial charge in [0.2, 0.25) is 5.91 Å². The summed E-state index contributed by atoms with van der Waals surface area (Å²) in [6.07, 6.45) is 1.53. The third-order valence-corrected chi connectivity index (χ3v) is 2.92. The van der Waals surface area contributed by atoms with Crippen LogP contribution in [0.1, 0.15) is 0 Å². The van der Waals surface area contributed by atoms with Gasteiger partial charge in [-0.15, -0.1) is 12.4 Å². The van der Waals surface area contributed by atoms with Crippen molar-refractivity contribution in [2.24, 2.45) is 0 Å². The van der Waals surface area contributed by atoms with Crippen LogP contribution in [0.3, 0.4) is 0 Å². The molecule has 3 rings (SSSR count). The van der Waals surface area contributed by atoms with Crippen LogP contribution in [-0.2, 0) is 4.79 Å². The second-order valence-corrected chi connectivity index (χ2v) is 4.06. The first kappa shape index (κ1) is 12.8. The van der Waals surface area contributed by atoms with Gasteiger partial charge in [0.1, 0.15) is 12.0 Å². The highest BCUT2D eigenvalue weighted by molar-refractivity contribution is 6.02. The lowest BCUT2D eigenvalue weighted by Crippen LogP contribution is -2.44. The SMILES string of the molecule is Cl.O=C1CNc2ncnc(N3CCNCC3)c2N1. The van der Waals surface area contributed by atoms with Crippen molar-refractivity contribution in [3.63, 3.8) is 0 Å². The second kappa shape index (κ2) is 5.36. The molecule has 0 aromatic carbocycles. The van der Waals surface area contributed by atoms with Gasteiger partial charge in [-0.1, -0.05) is 0 Å². The molecule has 3 heterocycles. The summed E-state index contributed by atoms with van der Waals surface area (Å²) in [7, 11) is 0. The number of hydrogen-bond acceptors (Lipinski definition) is 6. The number of carbonyl (C=O) groups excluding carboxylic acids is 1. The molecular formula is C10H15ClN6O. The van der Waals surface area contributed by atoms with Crippen LogP contribution in [0.15, 0.2) is 6.33 Å². The molecule has 1 aromatic heterocycles. The minimum Gasteiger partial charge on any atom is -0.359 e. The largest absolute Gasteiger partial charge is 0.359 e. The summed E-state index contributed by atoms with van der Waals surface area (Å²) in [6, 6.07) is 0. The van der Waals surface area contributed by atoms with Crippen molar-refractivity contribution in [1.82, 2.24) is 15.3 Å². The highest BCUT2D eigenvalue weighted by Gasteiger charge is 2.23. The van der Waals surface area contributed by atoms with E-state index in [2.05, 4.69) is 30.8 Å². The van der Waals surface area contributed by atoms with E-state index in [1.807, 2.05) is 0 Å². The number of nitrogens with one attached hydrogen (secondary N) is 3.